The number of benzene rings is 1. The van der Waals surface area contributed by atoms with Gasteiger partial charge in [0.25, 0.3) is 0 Å². The number of hydrogen-bond acceptors (Lipinski definition) is 2. The van der Waals surface area contributed by atoms with Gasteiger partial charge in [-0.2, -0.15) is 0 Å². The molecule has 4 nitrogen and oxygen atoms in total. The number of nitrogens with one attached hydrogen (secondary N) is 2. The van der Waals surface area contributed by atoms with Crippen molar-refractivity contribution in [2.45, 2.75) is 39.7 Å². The highest BCUT2D eigenvalue weighted by Gasteiger charge is 1.99. The van der Waals surface area contributed by atoms with Crippen LogP contribution in [0.5, 0.6) is 0 Å². The quantitative estimate of drug-likeness (QED) is 0.279. The highest BCUT2D eigenvalue weighted by Crippen LogP contribution is 2.07. The lowest BCUT2D eigenvalue weighted by Crippen LogP contribution is -2.37. The van der Waals surface area contributed by atoms with Crippen molar-refractivity contribution in [2.24, 2.45) is 4.99 Å². The van der Waals surface area contributed by atoms with E-state index in [1.165, 1.54) is 17.5 Å². The second kappa shape index (κ2) is 13.8. The molecule has 0 bridgehead atoms. The van der Waals surface area contributed by atoms with Crippen molar-refractivity contribution in [3.8, 4) is 0 Å². The molecule has 0 spiro atoms. The van der Waals surface area contributed by atoms with E-state index in [-0.39, 0.29) is 24.0 Å². The van der Waals surface area contributed by atoms with Crippen LogP contribution in [-0.4, -0.2) is 32.8 Å². The number of hydrogen-bond donors (Lipinski definition) is 2. The first-order valence-electron chi connectivity index (χ1n) is 7.83. The predicted octanol–water partition coefficient (Wildman–Crippen LogP) is 3.48. The summed E-state index contributed by atoms with van der Waals surface area (Å²) < 4.78 is 5.05. The molecule has 0 radical (unpaired) electrons. The maximum absolute atomic E-state index is 5.05. The molecule has 0 aliphatic rings. The van der Waals surface area contributed by atoms with E-state index in [4.69, 9.17) is 4.74 Å². The molecule has 1 rings (SSSR count). The summed E-state index contributed by atoms with van der Waals surface area (Å²) in [5, 5.41) is 6.67. The van der Waals surface area contributed by atoms with Gasteiger partial charge in [-0.25, -0.2) is 4.99 Å². The smallest absolute Gasteiger partial charge is 0.191 e. The van der Waals surface area contributed by atoms with Crippen molar-refractivity contribution < 1.29 is 4.74 Å². The fourth-order valence-electron chi connectivity index (χ4n) is 2.05. The largest absolute Gasteiger partial charge is 0.385 e. The van der Waals surface area contributed by atoms with Gasteiger partial charge in [-0.3, -0.25) is 0 Å². The highest BCUT2D eigenvalue weighted by molar-refractivity contribution is 14.0. The van der Waals surface area contributed by atoms with E-state index in [1.807, 2.05) is 0 Å². The molecular weight excluding hydrogens is 389 g/mol. The molecular formula is C17H30IN3O. The summed E-state index contributed by atoms with van der Waals surface area (Å²) in [7, 11) is 1.75. The minimum Gasteiger partial charge on any atom is -0.385 e. The first kappa shape index (κ1) is 21.2. The van der Waals surface area contributed by atoms with E-state index < -0.39 is 0 Å². The lowest BCUT2D eigenvalue weighted by molar-refractivity contribution is 0.192. The average Bonchev–Trinajstić information content (AvgIpc) is 2.49. The number of nitrogens with zero attached hydrogens (tertiary/aromatic N) is 1. The van der Waals surface area contributed by atoms with Crippen LogP contribution in [0.15, 0.2) is 29.3 Å². The maximum Gasteiger partial charge on any atom is 0.191 e. The fourth-order valence-corrected chi connectivity index (χ4v) is 2.05. The molecule has 0 heterocycles. The Bertz CT molecular complexity index is 424. The number of halogens is 1. The zero-order valence-electron chi connectivity index (χ0n) is 14.0. The molecule has 0 amide bonds. The molecule has 0 aromatic heterocycles. The molecule has 0 aliphatic heterocycles. The molecule has 0 fully saturated rings. The van der Waals surface area contributed by atoms with E-state index in [2.05, 4.69) is 53.7 Å². The van der Waals surface area contributed by atoms with Crippen LogP contribution in [0.2, 0.25) is 0 Å². The Kier molecular flexibility index (Phi) is 13.3. The summed E-state index contributed by atoms with van der Waals surface area (Å²) in [4.78, 5) is 4.65. The Morgan fingerprint density at radius 1 is 1.14 bits per heavy atom. The summed E-state index contributed by atoms with van der Waals surface area (Å²) in [6.45, 7) is 7.60. The lowest BCUT2D eigenvalue weighted by atomic mass is 10.1. The highest BCUT2D eigenvalue weighted by atomic mass is 127. The van der Waals surface area contributed by atoms with Crippen LogP contribution in [-0.2, 0) is 11.3 Å². The Labute approximate surface area is 152 Å². The Morgan fingerprint density at radius 2 is 1.91 bits per heavy atom. The molecule has 1 aromatic carbocycles. The van der Waals surface area contributed by atoms with E-state index in [0.717, 1.165) is 38.5 Å². The molecule has 0 atom stereocenters. The first-order valence-corrected chi connectivity index (χ1v) is 7.83. The third-order valence-electron chi connectivity index (χ3n) is 3.33. The van der Waals surface area contributed by atoms with Crippen molar-refractivity contribution >= 4 is 29.9 Å². The maximum atomic E-state index is 5.05. The lowest BCUT2D eigenvalue weighted by Gasteiger charge is -2.11. The van der Waals surface area contributed by atoms with Crippen LogP contribution in [0.1, 0.15) is 37.3 Å². The van der Waals surface area contributed by atoms with E-state index in [0.29, 0.717) is 6.54 Å². The molecule has 126 valence electrons. The number of methoxy groups -OCH3 is 1. The number of aryl methyl sites for hydroxylation is 1. The van der Waals surface area contributed by atoms with Gasteiger partial charge in [-0.05, 0) is 44.2 Å². The van der Waals surface area contributed by atoms with Crippen molar-refractivity contribution in [1.82, 2.24) is 10.6 Å². The van der Waals surface area contributed by atoms with Crippen LogP contribution in [0.25, 0.3) is 0 Å². The summed E-state index contributed by atoms with van der Waals surface area (Å²) in [5.74, 6) is 0.896. The van der Waals surface area contributed by atoms with Gasteiger partial charge in [0.05, 0.1) is 6.54 Å². The molecule has 0 aliphatic carbocycles. The van der Waals surface area contributed by atoms with Crippen LogP contribution < -0.4 is 10.6 Å². The van der Waals surface area contributed by atoms with Gasteiger partial charge in [0.15, 0.2) is 5.96 Å². The van der Waals surface area contributed by atoms with E-state index in [1.54, 1.807) is 7.11 Å². The third-order valence-corrected chi connectivity index (χ3v) is 3.33. The van der Waals surface area contributed by atoms with E-state index in [9.17, 15) is 0 Å². The Hall–Kier alpha value is -0.820. The number of rotatable bonds is 9. The third kappa shape index (κ3) is 9.25. The topological polar surface area (TPSA) is 45.7 Å². The van der Waals surface area contributed by atoms with Crippen molar-refractivity contribution in [2.75, 3.05) is 26.8 Å². The van der Waals surface area contributed by atoms with Gasteiger partial charge in [0, 0.05) is 26.8 Å². The number of guanidine groups is 1. The summed E-state index contributed by atoms with van der Waals surface area (Å²) in [6.07, 6.45) is 3.44. The van der Waals surface area contributed by atoms with Gasteiger partial charge < -0.3 is 15.4 Å². The number of unbranched alkanes of at least 4 members (excludes halogenated alkanes) is 2. The molecule has 22 heavy (non-hydrogen) atoms. The molecule has 0 saturated heterocycles. The summed E-state index contributed by atoms with van der Waals surface area (Å²) in [6, 6.07) is 8.38. The van der Waals surface area contributed by atoms with Crippen LogP contribution in [0, 0.1) is 6.92 Å². The van der Waals surface area contributed by atoms with Gasteiger partial charge in [0.1, 0.15) is 0 Å². The Balaban J connectivity index is 0.00000441. The van der Waals surface area contributed by atoms with Gasteiger partial charge in [-0.1, -0.05) is 24.3 Å². The predicted molar refractivity (Wildman–Crippen MR) is 105 cm³/mol. The normalized spacial score (nSPS) is 11.0. The molecule has 0 saturated carbocycles. The SMILES string of the molecule is CCNC(=NCc1ccccc1C)NCCCCCOC.I. The van der Waals surface area contributed by atoms with Crippen molar-refractivity contribution in [1.29, 1.82) is 0 Å². The summed E-state index contributed by atoms with van der Waals surface area (Å²) in [5.41, 5.74) is 2.56. The van der Waals surface area contributed by atoms with Crippen LogP contribution in [0.4, 0.5) is 0 Å². The first-order chi connectivity index (χ1) is 10.3. The molecule has 2 N–H and O–H groups in total. The van der Waals surface area contributed by atoms with Gasteiger partial charge in [-0.15, -0.1) is 24.0 Å². The van der Waals surface area contributed by atoms with Crippen LogP contribution in [0.3, 0.4) is 0 Å². The summed E-state index contributed by atoms with van der Waals surface area (Å²) >= 11 is 0. The fraction of sp³-hybridized carbons (Fsp3) is 0.588. The molecule has 1 aromatic rings. The minimum atomic E-state index is 0. The molecule has 0 unspecified atom stereocenters. The monoisotopic (exact) mass is 419 g/mol. The standard InChI is InChI=1S/C17H29N3O.HI/c1-4-18-17(19-12-8-5-9-13-21-3)20-14-16-11-7-6-10-15(16)2;/h6-7,10-11H,4-5,8-9,12-14H2,1-3H3,(H2,18,19,20);1H. The minimum absolute atomic E-state index is 0. The van der Waals surface area contributed by atoms with Gasteiger partial charge in [0.2, 0.25) is 0 Å². The zero-order chi connectivity index (χ0) is 15.3. The number of ether oxygens (including phenoxy) is 1. The van der Waals surface area contributed by atoms with E-state index >= 15 is 0 Å². The van der Waals surface area contributed by atoms with Crippen molar-refractivity contribution in [3.05, 3.63) is 35.4 Å². The van der Waals surface area contributed by atoms with Gasteiger partial charge >= 0.3 is 0 Å². The second-order valence-electron chi connectivity index (χ2n) is 5.10. The zero-order valence-corrected chi connectivity index (χ0v) is 16.4. The number of aliphatic imine (C=N–C) groups is 1. The molecule has 5 heteroatoms. The average molecular weight is 419 g/mol. The Morgan fingerprint density at radius 3 is 2.59 bits per heavy atom. The van der Waals surface area contributed by atoms with Crippen LogP contribution >= 0.6 is 24.0 Å². The van der Waals surface area contributed by atoms with Crippen molar-refractivity contribution in [3.63, 3.8) is 0 Å². The second-order valence-corrected chi connectivity index (χ2v) is 5.10.